The number of amides is 1. The largest absolute Gasteiger partial charge is 0.340 e. The van der Waals surface area contributed by atoms with Crippen LogP contribution in [-0.2, 0) is 0 Å². The molecular formula is C17H25ClN4O2. The van der Waals surface area contributed by atoms with Crippen molar-refractivity contribution in [3.05, 3.63) is 23.0 Å². The van der Waals surface area contributed by atoms with Gasteiger partial charge in [-0.25, -0.2) is 4.98 Å². The number of nitrogens with one attached hydrogen (secondary N) is 1. The van der Waals surface area contributed by atoms with Crippen LogP contribution in [-0.4, -0.2) is 48.1 Å². The molecule has 0 radical (unpaired) electrons. The number of nitrogens with zero attached hydrogens (tertiary/aromatic N) is 3. The highest BCUT2D eigenvalue weighted by molar-refractivity contribution is 6.06. The summed E-state index contributed by atoms with van der Waals surface area (Å²) in [7, 11) is 3.70. The number of halogens is 1. The molecular weight excluding hydrogens is 328 g/mol. The zero-order chi connectivity index (χ0) is 16.6. The third kappa shape index (κ3) is 3.54. The summed E-state index contributed by atoms with van der Waals surface area (Å²) in [5.41, 5.74) is 2.92. The minimum Gasteiger partial charge on any atom is -0.340 e. The van der Waals surface area contributed by atoms with Gasteiger partial charge in [0.05, 0.1) is 16.6 Å². The zero-order valence-corrected chi connectivity index (χ0v) is 15.4. The first kappa shape index (κ1) is 18.7. The summed E-state index contributed by atoms with van der Waals surface area (Å²) < 4.78 is 5.44. The fourth-order valence-corrected chi connectivity index (χ4v) is 2.73. The molecule has 0 aromatic carbocycles. The molecule has 2 aromatic heterocycles. The molecule has 2 aromatic rings. The van der Waals surface area contributed by atoms with Crippen LogP contribution in [0.15, 0.2) is 10.6 Å². The van der Waals surface area contributed by atoms with Crippen molar-refractivity contribution in [3.8, 4) is 0 Å². The first-order valence-electron chi connectivity index (χ1n) is 8.23. The molecule has 1 aliphatic rings. The minimum atomic E-state index is -0.000324. The van der Waals surface area contributed by atoms with Gasteiger partial charge in [-0.05, 0) is 31.9 Å². The van der Waals surface area contributed by atoms with Crippen LogP contribution in [0.5, 0.6) is 0 Å². The molecule has 1 fully saturated rings. The van der Waals surface area contributed by atoms with Crippen LogP contribution in [0.4, 0.5) is 0 Å². The van der Waals surface area contributed by atoms with Crippen LogP contribution in [0.2, 0.25) is 0 Å². The monoisotopic (exact) mass is 352 g/mol. The molecule has 132 valence electrons. The van der Waals surface area contributed by atoms with Crippen LogP contribution in [0, 0.1) is 0 Å². The van der Waals surface area contributed by atoms with E-state index >= 15 is 0 Å². The smallest absolute Gasteiger partial charge is 0.259 e. The van der Waals surface area contributed by atoms with Gasteiger partial charge in [0.15, 0.2) is 0 Å². The van der Waals surface area contributed by atoms with E-state index in [1.54, 1.807) is 4.90 Å². The number of hydrogen-bond donors (Lipinski definition) is 1. The van der Waals surface area contributed by atoms with E-state index < -0.39 is 0 Å². The van der Waals surface area contributed by atoms with E-state index in [9.17, 15) is 4.79 Å². The molecule has 0 atom stereocenters. The molecule has 0 spiro atoms. The molecule has 1 aliphatic carbocycles. The number of likely N-dealkylation sites (N-methyl/N-ethyl adjacent to an activating group) is 2. The van der Waals surface area contributed by atoms with E-state index in [0.717, 1.165) is 36.2 Å². The van der Waals surface area contributed by atoms with E-state index in [-0.39, 0.29) is 24.2 Å². The van der Waals surface area contributed by atoms with Gasteiger partial charge in [-0.2, -0.15) is 0 Å². The van der Waals surface area contributed by atoms with Crippen molar-refractivity contribution in [1.82, 2.24) is 20.4 Å². The topological polar surface area (TPSA) is 71.3 Å². The summed E-state index contributed by atoms with van der Waals surface area (Å²) in [6.45, 7) is 5.50. The Morgan fingerprint density at radius 3 is 2.75 bits per heavy atom. The molecule has 7 heteroatoms. The maximum absolute atomic E-state index is 12.9. The number of carbonyl (C=O) groups is 1. The molecule has 6 nitrogen and oxygen atoms in total. The fourth-order valence-electron chi connectivity index (χ4n) is 2.73. The van der Waals surface area contributed by atoms with Crippen molar-refractivity contribution < 1.29 is 9.32 Å². The third-order valence-corrected chi connectivity index (χ3v) is 4.31. The predicted octanol–water partition coefficient (Wildman–Crippen LogP) is 2.94. The van der Waals surface area contributed by atoms with Gasteiger partial charge in [0.2, 0.25) is 0 Å². The van der Waals surface area contributed by atoms with Gasteiger partial charge in [-0.1, -0.05) is 19.0 Å². The van der Waals surface area contributed by atoms with Gasteiger partial charge in [0, 0.05) is 31.7 Å². The lowest BCUT2D eigenvalue weighted by atomic mass is 10.0. The van der Waals surface area contributed by atoms with E-state index in [2.05, 4.69) is 15.5 Å². The maximum Gasteiger partial charge on any atom is 0.259 e. The van der Waals surface area contributed by atoms with Crippen molar-refractivity contribution in [3.63, 3.8) is 0 Å². The number of hydrogen-bond acceptors (Lipinski definition) is 5. The standard InChI is InChI=1S/C17H24N4O2.ClH/c1-10(2)15-14-12(17(22)21(4)8-7-18-3)9-13(11-5-6-11)19-16(14)23-20-15;/h9-11,18H,5-8H2,1-4H3;1H. The highest BCUT2D eigenvalue weighted by Gasteiger charge is 2.30. The second kappa shape index (κ2) is 7.49. The van der Waals surface area contributed by atoms with Crippen LogP contribution in [0.25, 0.3) is 11.1 Å². The Morgan fingerprint density at radius 1 is 1.46 bits per heavy atom. The first-order valence-corrected chi connectivity index (χ1v) is 8.23. The molecule has 1 amide bonds. The van der Waals surface area contributed by atoms with Gasteiger partial charge in [-0.15, -0.1) is 12.4 Å². The normalized spacial score (nSPS) is 14.0. The summed E-state index contributed by atoms with van der Waals surface area (Å²) >= 11 is 0. The summed E-state index contributed by atoms with van der Waals surface area (Å²) in [6.07, 6.45) is 2.26. The van der Waals surface area contributed by atoms with Crippen LogP contribution < -0.4 is 5.32 Å². The van der Waals surface area contributed by atoms with Crippen LogP contribution >= 0.6 is 12.4 Å². The Bertz CT molecular complexity index is 725. The van der Waals surface area contributed by atoms with E-state index in [1.807, 2.05) is 34.0 Å². The van der Waals surface area contributed by atoms with Crippen molar-refractivity contribution in [2.24, 2.45) is 0 Å². The van der Waals surface area contributed by atoms with Crippen molar-refractivity contribution in [2.45, 2.75) is 38.5 Å². The number of rotatable bonds is 6. The molecule has 24 heavy (non-hydrogen) atoms. The summed E-state index contributed by atoms with van der Waals surface area (Å²) in [6, 6.07) is 1.95. The number of fused-ring (bicyclic) bond motifs is 1. The van der Waals surface area contributed by atoms with Crippen LogP contribution in [0.1, 0.15) is 60.3 Å². The quantitative estimate of drug-likeness (QED) is 0.865. The highest BCUT2D eigenvalue weighted by atomic mass is 35.5. The highest BCUT2D eigenvalue weighted by Crippen LogP contribution is 2.41. The minimum absolute atomic E-state index is 0. The summed E-state index contributed by atoms with van der Waals surface area (Å²) in [5, 5.41) is 8.00. The second-order valence-corrected chi connectivity index (χ2v) is 6.60. The van der Waals surface area contributed by atoms with E-state index in [0.29, 0.717) is 23.7 Å². The van der Waals surface area contributed by atoms with Crippen molar-refractivity contribution in [1.29, 1.82) is 0 Å². The molecule has 0 unspecified atom stereocenters. The summed E-state index contributed by atoms with van der Waals surface area (Å²) in [5.74, 6) is 0.639. The SMILES string of the molecule is CNCCN(C)C(=O)c1cc(C2CC2)nc2onc(C(C)C)c12.Cl. The van der Waals surface area contributed by atoms with Crippen LogP contribution in [0.3, 0.4) is 0 Å². The fraction of sp³-hybridized carbons (Fsp3) is 0.588. The zero-order valence-electron chi connectivity index (χ0n) is 14.6. The Hall–Kier alpha value is -1.66. The lowest BCUT2D eigenvalue weighted by Crippen LogP contribution is -2.33. The predicted molar refractivity (Wildman–Crippen MR) is 96.0 cm³/mol. The Kier molecular flexibility index (Phi) is 5.83. The molecule has 2 heterocycles. The Morgan fingerprint density at radius 2 is 2.17 bits per heavy atom. The number of aromatic nitrogens is 2. The van der Waals surface area contributed by atoms with Crippen molar-refractivity contribution >= 4 is 29.4 Å². The Labute approximate surface area is 148 Å². The average molecular weight is 353 g/mol. The van der Waals surface area contributed by atoms with Gasteiger partial charge < -0.3 is 14.7 Å². The second-order valence-electron chi connectivity index (χ2n) is 6.60. The molecule has 0 bridgehead atoms. The van der Waals surface area contributed by atoms with Crippen molar-refractivity contribution in [2.75, 3.05) is 27.2 Å². The molecule has 0 aliphatic heterocycles. The van der Waals surface area contributed by atoms with Gasteiger partial charge in [-0.3, -0.25) is 4.79 Å². The average Bonchev–Trinajstić information content (AvgIpc) is 3.29. The van der Waals surface area contributed by atoms with E-state index in [4.69, 9.17) is 4.52 Å². The number of pyridine rings is 1. The molecule has 0 saturated heterocycles. The maximum atomic E-state index is 12.9. The van der Waals surface area contributed by atoms with Gasteiger partial charge in [0.25, 0.3) is 11.6 Å². The first-order chi connectivity index (χ1) is 11.0. The lowest BCUT2D eigenvalue weighted by molar-refractivity contribution is 0.0798. The van der Waals surface area contributed by atoms with Gasteiger partial charge in [0.1, 0.15) is 0 Å². The summed E-state index contributed by atoms with van der Waals surface area (Å²) in [4.78, 5) is 19.3. The Balaban J connectivity index is 0.00000208. The molecule has 1 saturated carbocycles. The third-order valence-electron chi connectivity index (χ3n) is 4.31. The van der Waals surface area contributed by atoms with Gasteiger partial charge >= 0.3 is 0 Å². The molecule has 1 N–H and O–H groups in total. The lowest BCUT2D eigenvalue weighted by Gasteiger charge is -2.18. The molecule has 3 rings (SSSR count). The number of carbonyl (C=O) groups excluding carboxylic acids is 1. The van der Waals surface area contributed by atoms with E-state index in [1.165, 1.54) is 0 Å².